The Kier molecular flexibility index (Phi) is 5.27. The predicted octanol–water partition coefficient (Wildman–Crippen LogP) is 3.11. The minimum atomic E-state index is -0.229. The maximum Gasteiger partial charge on any atom is 0.187 e. The SMILES string of the molecule is Fc1ccc(CNC(=S)NN=C2CCCCC2)cc1. The second kappa shape index (κ2) is 7.19. The van der Waals surface area contributed by atoms with Gasteiger partial charge in [-0.1, -0.05) is 18.6 Å². The zero-order valence-corrected chi connectivity index (χ0v) is 11.6. The highest BCUT2D eigenvalue weighted by Gasteiger charge is 2.06. The highest BCUT2D eigenvalue weighted by molar-refractivity contribution is 7.80. The van der Waals surface area contributed by atoms with Gasteiger partial charge in [0.1, 0.15) is 5.82 Å². The second-order valence-corrected chi connectivity index (χ2v) is 5.07. The van der Waals surface area contributed by atoms with E-state index in [2.05, 4.69) is 15.8 Å². The van der Waals surface area contributed by atoms with Crippen molar-refractivity contribution in [2.24, 2.45) is 5.10 Å². The zero-order valence-electron chi connectivity index (χ0n) is 10.8. The van der Waals surface area contributed by atoms with Crippen molar-refractivity contribution in [1.29, 1.82) is 0 Å². The fourth-order valence-corrected chi connectivity index (χ4v) is 2.14. The molecule has 102 valence electrons. The van der Waals surface area contributed by atoms with E-state index < -0.39 is 0 Å². The van der Waals surface area contributed by atoms with Crippen molar-refractivity contribution in [3.8, 4) is 0 Å². The first-order valence-electron chi connectivity index (χ1n) is 6.58. The van der Waals surface area contributed by atoms with E-state index in [1.54, 1.807) is 12.1 Å². The van der Waals surface area contributed by atoms with E-state index in [1.807, 2.05) is 0 Å². The average molecular weight is 279 g/mol. The molecule has 0 heterocycles. The summed E-state index contributed by atoms with van der Waals surface area (Å²) in [6.45, 7) is 0.566. The summed E-state index contributed by atoms with van der Waals surface area (Å²) in [6.07, 6.45) is 5.86. The van der Waals surface area contributed by atoms with Gasteiger partial charge in [0.05, 0.1) is 0 Å². The first kappa shape index (κ1) is 13.9. The minimum absolute atomic E-state index is 0.229. The van der Waals surface area contributed by atoms with Gasteiger partial charge in [0.15, 0.2) is 5.11 Å². The van der Waals surface area contributed by atoms with Gasteiger partial charge in [-0.05, 0) is 55.6 Å². The molecule has 1 aromatic carbocycles. The number of halogens is 1. The number of hydrazone groups is 1. The second-order valence-electron chi connectivity index (χ2n) is 4.66. The third-order valence-corrected chi connectivity index (χ3v) is 3.35. The number of nitrogens with zero attached hydrogens (tertiary/aromatic N) is 1. The van der Waals surface area contributed by atoms with E-state index in [-0.39, 0.29) is 5.82 Å². The molecular weight excluding hydrogens is 261 g/mol. The Morgan fingerprint density at radius 3 is 2.53 bits per heavy atom. The van der Waals surface area contributed by atoms with E-state index in [0.717, 1.165) is 18.4 Å². The topological polar surface area (TPSA) is 36.4 Å². The third-order valence-electron chi connectivity index (χ3n) is 3.11. The molecule has 2 N–H and O–H groups in total. The van der Waals surface area contributed by atoms with Gasteiger partial charge in [-0.3, -0.25) is 5.43 Å². The summed E-state index contributed by atoms with van der Waals surface area (Å²) in [5.41, 5.74) is 5.04. The van der Waals surface area contributed by atoms with Crippen molar-refractivity contribution in [1.82, 2.24) is 10.7 Å². The standard InChI is InChI=1S/C14H18FN3S/c15-12-8-6-11(7-9-12)10-16-14(19)18-17-13-4-2-1-3-5-13/h6-9H,1-5,10H2,(H2,16,18,19). The lowest BCUT2D eigenvalue weighted by molar-refractivity contribution is 0.626. The van der Waals surface area contributed by atoms with Crippen molar-refractivity contribution in [3.05, 3.63) is 35.6 Å². The highest BCUT2D eigenvalue weighted by Crippen LogP contribution is 2.14. The third kappa shape index (κ3) is 4.95. The Labute approximate surface area is 118 Å². The van der Waals surface area contributed by atoms with Gasteiger partial charge >= 0.3 is 0 Å². The molecule has 19 heavy (non-hydrogen) atoms. The molecule has 0 aromatic heterocycles. The molecule has 5 heteroatoms. The van der Waals surface area contributed by atoms with Gasteiger partial charge in [0.25, 0.3) is 0 Å². The van der Waals surface area contributed by atoms with Crippen LogP contribution in [-0.4, -0.2) is 10.8 Å². The normalized spacial score (nSPS) is 14.9. The molecule has 1 aromatic rings. The Balaban J connectivity index is 1.73. The average Bonchev–Trinajstić information content (AvgIpc) is 2.45. The van der Waals surface area contributed by atoms with Gasteiger partial charge < -0.3 is 5.32 Å². The Bertz CT molecular complexity index is 448. The Morgan fingerprint density at radius 2 is 1.84 bits per heavy atom. The van der Waals surface area contributed by atoms with Crippen LogP contribution in [0.2, 0.25) is 0 Å². The number of benzene rings is 1. The van der Waals surface area contributed by atoms with E-state index in [4.69, 9.17) is 12.2 Å². The summed E-state index contributed by atoms with van der Waals surface area (Å²) in [5.74, 6) is -0.229. The predicted molar refractivity (Wildman–Crippen MR) is 79.5 cm³/mol. The molecule has 1 aliphatic carbocycles. The zero-order chi connectivity index (χ0) is 13.5. The molecule has 0 saturated heterocycles. The fourth-order valence-electron chi connectivity index (χ4n) is 2.03. The van der Waals surface area contributed by atoms with E-state index in [9.17, 15) is 4.39 Å². The van der Waals surface area contributed by atoms with Crippen LogP contribution in [0.3, 0.4) is 0 Å². The van der Waals surface area contributed by atoms with Crippen LogP contribution in [0.15, 0.2) is 29.4 Å². The van der Waals surface area contributed by atoms with Crippen molar-refractivity contribution >= 4 is 23.0 Å². The molecule has 1 aliphatic rings. The van der Waals surface area contributed by atoms with Gasteiger partial charge in [0, 0.05) is 12.3 Å². The molecule has 0 spiro atoms. The maximum atomic E-state index is 12.7. The van der Waals surface area contributed by atoms with Crippen molar-refractivity contribution in [2.75, 3.05) is 0 Å². The van der Waals surface area contributed by atoms with Crippen LogP contribution in [0.1, 0.15) is 37.7 Å². The first-order chi connectivity index (χ1) is 9.24. The number of nitrogens with one attached hydrogen (secondary N) is 2. The number of thiocarbonyl (C=S) groups is 1. The number of hydrogen-bond acceptors (Lipinski definition) is 2. The van der Waals surface area contributed by atoms with Gasteiger partial charge in [-0.15, -0.1) is 0 Å². The van der Waals surface area contributed by atoms with E-state index in [0.29, 0.717) is 11.7 Å². The molecule has 0 atom stereocenters. The van der Waals surface area contributed by atoms with Crippen LogP contribution in [0.25, 0.3) is 0 Å². The monoisotopic (exact) mass is 279 g/mol. The lowest BCUT2D eigenvalue weighted by atomic mass is 9.99. The van der Waals surface area contributed by atoms with Crippen LogP contribution in [0.4, 0.5) is 4.39 Å². The summed E-state index contributed by atoms with van der Waals surface area (Å²) < 4.78 is 12.7. The van der Waals surface area contributed by atoms with Crippen molar-refractivity contribution in [3.63, 3.8) is 0 Å². The van der Waals surface area contributed by atoms with Crippen LogP contribution in [-0.2, 0) is 6.54 Å². The summed E-state index contributed by atoms with van der Waals surface area (Å²) in [7, 11) is 0. The lowest BCUT2D eigenvalue weighted by Gasteiger charge is -2.13. The molecule has 0 radical (unpaired) electrons. The quantitative estimate of drug-likeness (QED) is 0.659. The molecule has 0 bridgehead atoms. The molecule has 1 saturated carbocycles. The largest absolute Gasteiger partial charge is 0.357 e. The van der Waals surface area contributed by atoms with Crippen LogP contribution < -0.4 is 10.7 Å². The molecular formula is C14H18FN3S. The summed E-state index contributed by atoms with van der Waals surface area (Å²) >= 11 is 5.14. The maximum absolute atomic E-state index is 12.7. The van der Waals surface area contributed by atoms with Crippen molar-refractivity contribution < 1.29 is 4.39 Å². The minimum Gasteiger partial charge on any atom is -0.357 e. The smallest absolute Gasteiger partial charge is 0.187 e. The number of hydrogen-bond donors (Lipinski definition) is 2. The highest BCUT2D eigenvalue weighted by atomic mass is 32.1. The van der Waals surface area contributed by atoms with Crippen LogP contribution >= 0.6 is 12.2 Å². The van der Waals surface area contributed by atoms with Gasteiger partial charge in [-0.25, -0.2) is 4.39 Å². The molecule has 0 aliphatic heterocycles. The fraction of sp³-hybridized carbons (Fsp3) is 0.429. The number of rotatable bonds is 3. The van der Waals surface area contributed by atoms with Gasteiger partial charge in [0.2, 0.25) is 0 Å². The molecule has 2 rings (SSSR count). The Hall–Kier alpha value is -1.49. The first-order valence-corrected chi connectivity index (χ1v) is 6.98. The van der Waals surface area contributed by atoms with Crippen LogP contribution in [0, 0.1) is 5.82 Å². The molecule has 0 unspecified atom stereocenters. The Morgan fingerprint density at radius 1 is 1.16 bits per heavy atom. The molecule has 1 fully saturated rings. The molecule has 0 amide bonds. The van der Waals surface area contributed by atoms with E-state index >= 15 is 0 Å². The van der Waals surface area contributed by atoms with Crippen LogP contribution in [0.5, 0.6) is 0 Å². The van der Waals surface area contributed by atoms with Gasteiger partial charge in [-0.2, -0.15) is 5.10 Å². The summed E-state index contributed by atoms with van der Waals surface area (Å²) in [5, 5.41) is 7.86. The van der Waals surface area contributed by atoms with E-state index in [1.165, 1.54) is 37.1 Å². The lowest BCUT2D eigenvalue weighted by Crippen LogP contribution is -2.32. The molecule has 3 nitrogen and oxygen atoms in total. The summed E-state index contributed by atoms with van der Waals surface area (Å²) in [4.78, 5) is 0. The van der Waals surface area contributed by atoms with Crippen molar-refractivity contribution in [2.45, 2.75) is 38.6 Å². The summed E-state index contributed by atoms with van der Waals surface area (Å²) in [6, 6.07) is 6.35.